The Bertz CT molecular complexity index is 662. The number of thiophene rings is 1. The number of nitrogens with two attached hydrogens (primary N) is 1. The van der Waals surface area contributed by atoms with E-state index in [1.807, 2.05) is 24.5 Å². The molecule has 88 valence electrons. The molecule has 0 aliphatic heterocycles. The van der Waals surface area contributed by atoms with Crippen LogP contribution in [0.4, 0.5) is 5.69 Å². The summed E-state index contributed by atoms with van der Waals surface area (Å²) in [5.74, 6) is 0. The van der Waals surface area contributed by atoms with Gasteiger partial charge in [-0.1, -0.05) is 6.07 Å². The molecule has 2 N–H and O–H groups in total. The van der Waals surface area contributed by atoms with Gasteiger partial charge in [-0.05, 0) is 29.1 Å². The third kappa shape index (κ3) is 2.10. The van der Waals surface area contributed by atoms with Crippen molar-refractivity contribution in [3.8, 4) is 21.6 Å². The van der Waals surface area contributed by atoms with Gasteiger partial charge in [-0.3, -0.25) is 9.97 Å². The van der Waals surface area contributed by atoms with E-state index in [0.29, 0.717) is 5.69 Å². The van der Waals surface area contributed by atoms with Crippen molar-refractivity contribution in [2.24, 2.45) is 0 Å². The van der Waals surface area contributed by atoms with Crippen LogP contribution in [0.25, 0.3) is 21.6 Å². The van der Waals surface area contributed by atoms with Crippen molar-refractivity contribution in [1.29, 1.82) is 0 Å². The number of pyridine rings is 2. The molecule has 4 heteroatoms. The van der Waals surface area contributed by atoms with E-state index in [4.69, 9.17) is 5.73 Å². The van der Waals surface area contributed by atoms with E-state index in [0.717, 1.165) is 16.7 Å². The smallest absolute Gasteiger partial charge is 0.0506 e. The summed E-state index contributed by atoms with van der Waals surface area (Å²) in [6.07, 6.45) is 7.12. The molecule has 0 atom stereocenters. The first-order valence-electron chi connectivity index (χ1n) is 5.53. The monoisotopic (exact) mass is 253 g/mol. The van der Waals surface area contributed by atoms with E-state index < -0.39 is 0 Å². The number of anilines is 1. The minimum atomic E-state index is 0.682. The molecular formula is C14H11N3S. The van der Waals surface area contributed by atoms with E-state index in [2.05, 4.69) is 27.5 Å². The molecule has 0 saturated heterocycles. The molecule has 3 aromatic rings. The summed E-state index contributed by atoms with van der Waals surface area (Å²) in [5.41, 5.74) is 9.74. The van der Waals surface area contributed by atoms with Crippen LogP contribution in [0.5, 0.6) is 0 Å². The Balaban J connectivity index is 2.00. The molecule has 0 saturated carbocycles. The lowest BCUT2D eigenvalue weighted by Gasteiger charge is -1.98. The highest BCUT2D eigenvalue weighted by atomic mass is 32.1. The van der Waals surface area contributed by atoms with Gasteiger partial charge in [0.05, 0.1) is 5.69 Å². The fourth-order valence-electron chi connectivity index (χ4n) is 1.76. The van der Waals surface area contributed by atoms with E-state index in [1.54, 1.807) is 23.7 Å². The lowest BCUT2D eigenvalue weighted by Crippen LogP contribution is -1.86. The first-order valence-corrected chi connectivity index (χ1v) is 6.41. The Morgan fingerprint density at radius 1 is 0.944 bits per heavy atom. The van der Waals surface area contributed by atoms with Crippen molar-refractivity contribution >= 4 is 17.0 Å². The van der Waals surface area contributed by atoms with Crippen molar-refractivity contribution in [3.63, 3.8) is 0 Å². The van der Waals surface area contributed by atoms with Crippen LogP contribution in [-0.2, 0) is 0 Å². The average Bonchev–Trinajstić information content (AvgIpc) is 2.89. The fourth-order valence-corrected chi connectivity index (χ4v) is 2.67. The zero-order valence-corrected chi connectivity index (χ0v) is 10.4. The summed E-state index contributed by atoms with van der Waals surface area (Å²) in [6.45, 7) is 0. The zero-order chi connectivity index (χ0) is 12.4. The van der Waals surface area contributed by atoms with Crippen LogP contribution in [0.3, 0.4) is 0 Å². The largest absolute Gasteiger partial charge is 0.397 e. The zero-order valence-electron chi connectivity index (χ0n) is 9.58. The molecule has 18 heavy (non-hydrogen) atoms. The van der Waals surface area contributed by atoms with Crippen LogP contribution < -0.4 is 5.73 Å². The molecule has 0 bridgehead atoms. The van der Waals surface area contributed by atoms with Gasteiger partial charge in [0.2, 0.25) is 0 Å². The molecule has 3 nitrogen and oxygen atoms in total. The second-order valence-electron chi connectivity index (χ2n) is 3.95. The second kappa shape index (κ2) is 4.58. The molecule has 0 radical (unpaired) electrons. The predicted octanol–water partition coefficient (Wildman–Crippen LogP) is 3.45. The van der Waals surface area contributed by atoms with Gasteiger partial charge in [0, 0.05) is 40.8 Å². The maximum atomic E-state index is 5.74. The molecule has 0 aromatic carbocycles. The van der Waals surface area contributed by atoms with E-state index in [-0.39, 0.29) is 0 Å². The van der Waals surface area contributed by atoms with Gasteiger partial charge < -0.3 is 5.73 Å². The topological polar surface area (TPSA) is 51.8 Å². The average molecular weight is 253 g/mol. The highest BCUT2D eigenvalue weighted by Crippen LogP contribution is 2.32. The van der Waals surface area contributed by atoms with E-state index in [9.17, 15) is 0 Å². The fraction of sp³-hybridized carbons (Fsp3) is 0. The van der Waals surface area contributed by atoms with Crippen molar-refractivity contribution < 1.29 is 0 Å². The number of hydrogen-bond donors (Lipinski definition) is 1. The van der Waals surface area contributed by atoms with Gasteiger partial charge in [0.25, 0.3) is 0 Å². The Morgan fingerprint density at radius 2 is 1.83 bits per heavy atom. The van der Waals surface area contributed by atoms with Crippen LogP contribution in [-0.4, -0.2) is 9.97 Å². The Labute approximate surface area is 109 Å². The van der Waals surface area contributed by atoms with Gasteiger partial charge in [0.1, 0.15) is 0 Å². The summed E-state index contributed by atoms with van der Waals surface area (Å²) in [7, 11) is 0. The summed E-state index contributed by atoms with van der Waals surface area (Å²) >= 11 is 1.69. The quantitative estimate of drug-likeness (QED) is 0.761. The van der Waals surface area contributed by atoms with E-state index >= 15 is 0 Å². The van der Waals surface area contributed by atoms with Gasteiger partial charge in [-0.2, -0.15) is 0 Å². The Morgan fingerprint density at radius 3 is 2.61 bits per heavy atom. The number of rotatable bonds is 2. The lowest BCUT2D eigenvalue weighted by atomic mass is 10.1. The van der Waals surface area contributed by atoms with Crippen molar-refractivity contribution in [2.75, 3.05) is 5.73 Å². The molecule has 0 amide bonds. The van der Waals surface area contributed by atoms with Crippen LogP contribution >= 0.6 is 11.3 Å². The molecule has 3 heterocycles. The molecule has 3 rings (SSSR count). The number of nitrogens with zero attached hydrogens (tertiary/aromatic N) is 2. The van der Waals surface area contributed by atoms with Crippen LogP contribution in [0.15, 0.2) is 54.4 Å². The van der Waals surface area contributed by atoms with Crippen molar-refractivity contribution in [3.05, 3.63) is 54.4 Å². The first-order chi connectivity index (χ1) is 8.83. The maximum Gasteiger partial charge on any atom is 0.0506 e. The molecule has 0 aliphatic carbocycles. The molecular weight excluding hydrogens is 242 g/mol. The minimum absolute atomic E-state index is 0.682. The molecule has 3 aromatic heterocycles. The van der Waals surface area contributed by atoms with Gasteiger partial charge >= 0.3 is 0 Å². The normalized spacial score (nSPS) is 10.4. The molecule has 0 aliphatic rings. The second-order valence-corrected chi connectivity index (χ2v) is 4.86. The lowest BCUT2D eigenvalue weighted by molar-refractivity contribution is 1.33. The summed E-state index contributed by atoms with van der Waals surface area (Å²) in [5, 5.41) is 2.11. The van der Waals surface area contributed by atoms with Gasteiger partial charge in [-0.15, -0.1) is 11.3 Å². The third-order valence-electron chi connectivity index (χ3n) is 2.64. The summed E-state index contributed by atoms with van der Waals surface area (Å²) in [4.78, 5) is 9.44. The number of nitrogen functional groups attached to an aromatic ring is 1. The van der Waals surface area contributed by atoms with Crippen LogP contribution in [0, 0.1) is 0 Å². The maximum absolute atomic E-state index is 5.74. The number of aromatic nitrogens is 2. The Kier molecular flexibility index (Phi) is 2.78. The van der Waals surface area contributed by atoms with Crippen molar-refractivity contribution in [1.82, 2.24) is 9.97 Å². The predicted molar refractivity (Wildman–Crippen MR) is 75.2 cm³/mol. The van der Waals surface area contributed by atoms with E-state index in [1.165, 1.54) is 4.88 Å². The Hall–Kier alpha value is -2.20. The highest BCUT2D eigenvalue weighted by molar-refractivity contribution is 7.14. The van der Waals surface area contributed by atoms with Crippen LogP contribution in [0.1, 0.15) is 0 Å². The third-order valence-corrected chi connectivity index (χ3v) is 3.62. The van der Waals surface area contributed by atoms with Crippen molar-refractivity contribution in [2.45, 2.75) is 0 Å². The van der Waals surface area contributed by atoms with Gasteiger partial charge in [-0.25, -0.2) is 0 Å². The summed E-state index contributed by atoms with van der Waals surface area (Å²) < 4.78 is 0. The first kappa shape index (κ1) is 10.9. The molecule has 0 fully saturated rings. The molecule has 0 unspecified atom stereocenters. The standard InChI is InChI=1S/C14H11N3S/c15-13-4-11(7-17-8-13)12-5-14(18-9-12)10-2-1-3-16-6-10/h1-9H,15H2. The van der Waals surface area contributed by atoms with Gasteiger partial charge in [0.15, 0.2) is 0 Å². The van der Waals surface area contributed by atoms with Crippen LogP contribution in [0.2, 0.25) is 0 Å². The summed E-state index contributed by atoms with van der Waals surface area (Å²) in [6, 6.07) is 8.07. The number of hydrogen-bond acceptors (Lipinski definition) is 4. The molecule has 0 spiro atoms. The highest BCUT2D eigenvalue weighted by Gasteiger charge is 2.05. The minimum Gasteiger partial charge on any atom is -0.397 e. The SMILES string of the molecule is Nc1cncc(-c2csc(-c3cccnc3)c2)c1.